The molecule has 11 heteroatoms. The summed E-state index contributed by atoms with van der Waals surface area (Å²) in [5.41, 5.74) is -4.93. The van der Waals surface area contributed by atoms with Crippen LogP contribution in [0.5, 0.6) is 0 Å². The molecule has 172 valence electrons. The van der Waals surface area contributed by atoms with Gasteiger partial charge in [-0.2, -0.15) is 22.8 Å². The van der Waals surface area contributed by atoms with Crippen molar-refractivity contribution in [1.82, 2.24) is 14.6 Å². The molecule has 0 atom stereocenters. The van der Waals surface area contributed by atoms with Crippen molar-refractivity contribution >= 4 is 16.4 Å². The van der Waals surface area contributed by atoms with Crippen LogP contribution in [0.4, 0.5) is 30.7 Å². The normalized spacial score (nSPS) is 12.1. The van der Waals surface area contributed by atoms with E-state index < -0.39 is 63.2 Å². The highest BCUT2D eigenvalue weighted by atomic mass is 19.4. The van der Waals surface area contributed by atoms with E-state index in [0.29, 0.717) is 27.4 Å². The van der Waals surface area contributed by atoms with E-state index in [9.17, 15) is 35.5 Å². The lowest BCUT2D eigenvalue weighted by Gasteiger charge is -2.11. The van der Waals surface area contributed by atoms with Gasteiger partial charge in [0.1, 0.15) is 5.65 Å². The van der Waals surface area contributed by atoms with Gasteiger partial charge in [0.05, 0.1) is 11.3 Å². The van der Waals surface area contributed by atoms with Crippen molar-refractivity contribution in [3.63, 3.8) is 0 Å². The third-order valence-electron chi connectivity index (χ3n) is 5.34. The predicted molar refractivity (Wildman–Crippen MR) is 109 cm³/mol. The molecule has 5 rings (SSSR count). The van der Waals surface area contributed by atoms with E-state index in [1.54, 1.807) is 30.3 Å². The second-order valence-electron chi connectivity index (χ2n) is 7.38. The highest BCUT2D eigenvalue weighted by Gasteiger charge is 2.39. The Balaban J connectivity index is 1.91. The van der Waals surface area contributed by atoms with Crippen LogP contribution in [0.25, 0.3) is 38.8 Å². The lowest BCUT2D eigenvalue weighted by atomic mass is 9.98. The van der Waals surface area contributed by atoms with Crippen molar-refractivity contribution in [3.8, 4) is 22.4 Å². The van der Waals surface area contributed by atoms with Gasteiger partial charge in [0.25, 0.3) is 5.56 Å². The van der Waals surface area contributed by atoms with Crippen LogP contribution < -0.4 is 5.56 Å². The minimum Gasteiger partial charge on any atom is -0.339 e. The number of H-pyrrole nitrogens is 1. The van der Waals surface area contributed by atoms with Gasteiger partial charge in [-0.15, -0.1) is 0 Å². The van der Waals surface area contributed by atoms with Crippen molar-refractivity contribution < 1.29 is 30.7 Å². The minimum atomic E-state index is -4.99. The third-order valence-corrected chi connectivity index (χ3v) is 5.34. The van der Waals surface area contributed by atoms with Crippen LogP contribution in [-0.2, 0) is 6.18 Å². The van der Waals surface area contributed by atoms with E-state index in [4.69, 9.17) is 0 Å². The zero-order valence-electron chi connectivity index (χ0n) is 16.6. The molecule has 0 amide bonds. The number of aromatic amines is 1. The number of nitrogens with one attached hydrogen (secondary N) is 1. The van der Waals surface area contributed by atoms with Gasteiger partial charge in [-0.3, -0.25) is 4.79 Å². The van der Waals surface area contributed by atoms with Crippen molar-refractivity contribution in [3.05, 3.63) is 93.9 Å². The van der Waals surface area contributed by atoms with Gasteiger partial charge in [0, 0.05) is 11.6 Å². The molecule has 0 aliphatic heterocycles. The minimum absolute atomic E-state index is 0.0603. The van der Waals surface area contributed by atoms with Gasteiger partial charge >= 0.3 is 6.18 Å². The molecule has 0 fully saturated rings. The van der Waals surface area contributed by atoms with E-state index in [1.807, 2.05) is 0 Å². The maximum absolute atomic E-state index is 14.4. The first-order valence-corrected chi connectivity index (χ1v) is 9.62. The second-order valence-corrected chi connectivity index (χ2v) is 7.38. The van der Waals surface area contributed by atoms with Gasteiger partial charge in [-0.05, 0) is 22.4 Å². The zero-order chi connectivity index (χ0) is 24.4. The number of hydrogen-bond acceptors (Lipinski definition) is 2. The van der Waals surface area contributed by atoms with Gasteiger partial charge in [0.15, 0.2) is 29.0 Å². The summed E-state index contributed by atoms with van der Waals surface area (Å²) in [6.07, 6.45) is -4.99. The molecule has 0 saturated heterocycles. The predicted octanol–water partition coefficient (Wildman–Crippen LogP) is 6.09. The van der Waals surface area contributed by atoms with E-state index in [1.165, 1.54) is 12.1 Å². The summed E-state index contributed by atoms with van der Waals surface area (Å²) in [7, 11) is 0. The number of benzene rings is 3. The van der Waals surface area contributed by atoms with Gasteiger partial charge < -0.3 is 4.98 Å². The Labute approximate surface area is 184 Å². The van der Waals surface area contributed by atoms with Gasteiger partial charge in [-0.1, -0.05) is 42.5 Å². The first-order valence-electron chi connectivity index (χ1n) is 9.62. The first kappa shape index (κ1) is 21.7. The lowest BCUT2D eigenvalue weighted by Crippen LogP contribution is -2.16. The molecular weight excluding hydrogens is 467 g/mol. The van der Waals surface area contributed by atoms with E-state index in [0.717, 1.165) is 0 Å². The molecule has 2 aromatic heterocycles. The quantitative estimate of drug-likeness (QED) is 0.190. The lowest BCUT2D eigenvalue weighted by molar-refractivity contribution is -0.140. The maximum atomic E-state index is 14.4. The van der Waals surface area contributed by atoms with Crippen molar-refractivity contribution in [2.75, 3.05) is 0 Å². The number of rotatable bonds is 2. The number of aromatic nitrogens is 3. The van der Waals surface area contributed by atoms with Crippen LogP contribution in [0.3, 0.4) is 0 Å². The fraction of sp³-hybridized carbons (Fsp3) is 0.0435. The number of alkyl halides is 3. The standard InChI is InChI=1S/C23H10F7N3O/c24-14-8-13(18(25)20(27)19(14)26)15-9-16(34)33-22(31-15)17(21(32-33)23(28,29)30)12-7-3-5-10-4-1-2-6-11(10)12/h1-9,31H. The average molecular weight is 477 g/mol. The smallest absolute Gasteiger partial charge is 0.339 e. The monoisotopic (exact) mass is 477 g/mol. The molecule has 3 aromatic carbocycles. The van der Waals surface area contributed by atoms with Crippen LogP contribution in [-0.4, -0.2) is 14.6 Å². The van der Waals surface area contributed by atoms with Crippen LogP contribution >= 0.6 is 0 Å². The number of halogens is 7. The molecule has 0 aliphatic rings. The summed E-state index contributed by atoms with van der Waals surface area (Å²) < 4.78 is 97.6. The van der Waals surface area contributed by atoms with Gasteiger partial charge in [-0.25, -0.2) is 17.6 Å². The van der Waals surface area contributed by atoms with Crippen LogP contribution in [0.15, 0.2) is 59.4 Å². The largest absolute Gasteiger partial charge is 0.435 e. The molecule has 0 saturated carbocycles. The Kier molecular flexibility index (Phi) is 4.74. The van der Waals surface area contributed by atoms with E-state index in [2.05, 4.69) is 10.1 Å². The molecule has 2 heterocycles. The Bertz CT molecular complexity index is 1660. The molecule has 0 bridgehead atoms. The molecule has 0 radical (unpaired) electrons. The van der Waals surface area contributed by atoms with Gasteiger partial charge in [0.2, 0.25) is 0 Å². The highest BCUT2D eigenvalue weighted by molar-refractivity contribution is 6.00. The Morgan fingerprint density at radius 1 is 0.824 bits per heavy atom. The second kappa shape index (κ2) is 7.44. The molecule has 5 aromatic rings. The molecule has 1 N–H and O–H groups in total. The molecule has 0 spiro atoms. The molecule has 4 nitrogen and oxygen atoms in total. The Hall–Kier alpha value is -4.15. The number of hydrogen-bond donors (Lipinski definition) is 1. The number of fused-ring (bicyclic) bond motifs is 2. The summed E-state index contributed by atoms with van der Waals surface area (Å²) >= 11 is 0. The first-order chi connectivity index (χ1) is 16.1. The van der Waals surface area contributed by atoms with Crippen molar-refractivity contribution in [2.45, 2.75) is 6.18 Å². The number of nitrogens with zero attached hydrogens (tertiary/aromatic N) is 2. The summed E-state index contributed by atoms with van der Waals surface area (Å²) in [4.78, 5) is 15.1. The average Bonchev–Trinajstić information content (AvgIpc) is 3.20. The summed E-state index contributed by atoms with van der Waals surface area (Å²) in [6, 6.07) is 12.0. The zero-order valence-corrected chi connectivity index (χ0v) is 16.6. The van der Waals surface area contributed by atoms with Crippen LogP contribution in [0, 0.1) is 23.3 Å². The fourth-order valence-corrected chi connectivity index (χ4v) is 3.85. The molecule has 0 unspecified atom stereocenters. The topological polar surface area (TPSA) is 50.2 Å². The molecular formula is C23H10F7N3O. The fourth-order valence-electron chi connectivity index (χ4n) is 3.85. The summed E-state index contributed by atoms with van der Waals surface area (Å²) in [6.45, 7) is 0. The summed E-state index contributed by atoms with van der Waals surface area (Å²) in [5, 5.41) is 4.42. The van der Waals surface area contributed by atoms with Crippen LogP contribution in [0.2, 0.25) is 0 Å². The van der Waals surface area contributed by atoms with Crippen molar-refractivity contribution in [1.29, 1.82) is 0 Å². The van der Waals surface area contributed by atoms with Crippen LogP contribution in [0.1, 0.15) is 5.69 Å². The van der Waals surface area contributed by atoms with Crippen molar-refractivity contribution in [2.24, 2.45) is 0 Å². The third kappa shape index (κ3) is 3.23. The SMILES string of the molecule is O=c1cc(-c2cc(F)c(F)c(F)c2F)[nH]c2c(-c3cccc4ccccc34)c(C(F)(F)F)nn12. The summed E-state index contributed by atoms with van der Waals surface area (Å²) in [5.74, 6) is -7.76. The Morgan fingerprint density at radius 3 is 2.26 bits per heavy atom. The van der Waals surface area contributed by atoms with E-state index in [-0.39, 0.29) is 5.56 Å². The highest BCUT2D eigenvalue weighted by Crippen LogP contribution is 2.41. The maximum Gasteiger partial charge on any atom is 0.435 e. The molecule has 34 heavy (non-hydrogen) atoms. The van der Waals surface area contributed by atoms with E-state index >= 15 is 0 Å². The Morgan fingerprint density at radius 2 is 1.53 bits per heavy atom. The molecule has 0 aliphatic carbocycles.